The highest BCUT2D eigenvalue weighted by molar-refractivity contribution is 7.91. The van der Waals surface area contributed by atoms with E-state index >= 15 is 0 Å². The zero-order valence-corrected chi connectivity index (χ0v) is 14.5. The van der Waals surface area contributed by atoms with E-state index in [1.165, 1.54) is 0 Å². The highest BCUT2D eigenvalue weighted by Gasteiger charge is 2.16. The van der Waals surface area contributed by atoms with Gasteiger partial charge in [-0.1, -0.05) is 24.3 Å². The number of aromatic carboxylic acids is 1. The third-order valence-corrected chi connectivity index (χ3v) is 5.86. The number of anilines is 1. The number of sulfone groups is 1. The topological polar surface area (TPSA) is 83.5 Å². The van der Waals surface area contributed by atoms with Crippen LogP contribution in [-0.2, 0) is 22.1 Å². The van der Waals surface area contributed by atoms with Crippen LogP contribution in [0.15, 0.2) is 48.5 Å². The molecule has 2 aromatic carbocycles. The van der Waals surface area contributed by atoms with Gasteiger partial charge < -0.3 is 10.4 Å². The molecule has 0 bridgehead atoms. The molecule has 5 nitrogen and oxygen atoms in total. The van der Waals surface area contributed by atoms with Gasteiger partial charge in [-0.05, 0) is 49.2 Å². The minimum Gasteiger partial charge on any atom is -0.478 e. The molecule has 0 aliphatic rings. The van der Waals surface area contributed by atoms with Gasteiger partial charge in [0.2, 0.25) is 0 Å². The van der Waals surface area contributed by atoms with E-state index in [-0.39, 0.29) is 11.3 Å². The summed E-state index contributed by atoms with van der Waals surface area (Å²) in [5.74, 6) is -0.952. The molecule has 0 saturated heterocycles. The van der Waals surface area contributed by atoms with Crippen LogP contribution in [0.2, 0.25) is 0 Å². The summed E-state index contributed by atoms with van der Waals surface area (Å²) < 4.78 is 24.0. The van der Waals surface area contributed by atoms with Gasteiger partial charge in [-0.25, -0.2) is 13.2 Å². The first kappa shape index (κ1) is 18.0. The Morgan fingerprint density at radius 1 is 1.08 bits per heavy atom. The van der Waals surface area contributed by atoms with Crippen LogP contribution < -0.4 is 5.32 Å². The van der Waals surface area contributed by atoms with Crippen LogP contribution in [0.3, 0.4) is 0 Å². The molecule has 2 N–H and O–H groups in total. The minimum absolute atomic E-state index is 0.00862. The van der Waals surface area contributed by atoms with Gasteiger partial charge in [0.1, 0.15) is 0 Å². The number of carboxylic acid groups (broad SMARTS) is 1. The van der Waals surface area contributed by atoms with Gasteiger partial charge in [0, 0.05) is 12.2 Å². The van der Waals surface area contributed by atoms with E-state index in [1.54, 1.807) is 50.2 Å². The number of rotatable bonds is 7. The lowest BCUT2D eigenvalue weighted by Crippen LogP contribution is -2.16. The van der Waals surface area contributed by atoms with Crippen LogP contribution in [0.4, 0.5) is 5.69 Å². The van der Waals surface area contributed by atoms with Gasteiger partial charge in [0.25, 0.3) is 0 Å². The average molecular weight is 347 g/mol. The van der Waals surface area contributed by atoms with Crippen molar-refractivity contribution in [3.05, 3.63) is 65.2 Å². The van der Waals surface area contributed by atoms with E-state index < -0.39 is 21.1 Å². The fourth-order valence-electron chi connectivity index (χ4n) is 2.19. The first-order valence-electron chi connectivity index (χ1n) is 7.64. The number of hydrogen-bond donors (Lipinski definition) is 2. The van der Waals surface area contributed by atoms with Crippen molar-refractivity contribution in [2.24, 2.45) is 0 Å². The van der Waals surface area contributed by atoms with E-state index in [2.05, 4.69) is 5.32 Å². The lowest BCUT2D eigenvalue weighted by Gasteiger charge is -2.11. The number of carboxylic acids is 1. The number of carbonyl (C=O) groups is 1. The second-order valence-electron chi connectivity index (χ2n) is 5.92. The molecule has 0 aliphatic carbocycles. The van der Waals surface area contributed by atoms with Crippen molar-refractivity contribution < 1.29 is 18.3 Å². The van der Waals surface area contributed by atoms with Gasteiger partial charge in [0.15, 0.2) is 9.84 Å². The molecule has 0 saturated carbocycles. The SMILES string of the molecule is CC(C)S(=O)(=O)Cc1cccc(NCc2cccc(C(=O)O)c2)c1. The summed E-state index contributed by atoms with van der Waals surface area (Å²) in [6, 6.07) is 14.0. The van der Waals surface area contributed by atoms with Crippen LogP contribution in [0.1, 0.15) is 35.3 Å². The first-order valence-corrected chi connectivity index (χ1v) is 9.36. The van der Waals surface area contributed by atoms with Crippen molar-refractivity contribution in [2.45, 2.75) is 31.4 Å². The molecule has 0 heterocycles. The molecule has 0 amide bonds. The molecular weight excluding hydrogens is 326 g/mol. The molecule has 2 aromatic rings. The van der Waals surface area contributed by atoms with E-state index in [0.29, 0.717) is 6.54 Å². The molecule has 0 atom stereocenters. The second-order valence-corrected chi connectivity index (χ2v) is 8.47. The maximum atomic E-state index is 12.0. The van der Waals surface area contributed by atoms with Gasteiger partial charge >= 0.3 is 5.97 Å². The number of hydrogen-bond acceptors (Lipinski definition) is 4. The van der Waals surface area contributed by atoms with Gasteiger partial charge in [-0.3, -0.25) is 0 Å². The van der Waals surface area contributed by atoms with Crippen molar-refractivity contribution >= 4 is 21.5 Å². The Bertz CT molecular complexity index is 828. The molecule has 24 heavy (non-hydrogen) atoms. The van der Waals surface area contributed by atoms with E-state index in [1.807, 2.05) is 12.1 Å². The third kappa shape index (κ3) is 4.83. The zero-order valence-electron chi connectivity index (χ0n) is 13.7. The summed E-state index contributed by atoms with van der Waals surface area (Å²) in [5, 5.41) is 11.8. The molecule has 2 rings (SSSR count). The Hall–Kier alpha value is -2.34. The molecule has 0 aromatic heterocycles. The van der Waals surface area contributed by atoms with Crippen LogP contribution in [0.5, 0.6) is 0 Å². The maximum absolute atomic E-state index is 12.0. The number of benzene rings is 2. The van der Waals surface area contributed by atoms with Crippen molar-refractivity contribution in [3.8, 4) is 0 Å². The van der Waals surface area contributed by atoms with Gasteiger partial charge in [0.05, 0.1) is 16.6 Å². The third-order valence-electron chi connectivity index (χ3n) is 3.68. The lowest BCUT2D eigenvalue weighted by atomic mass is 10.1. The molecule has 0 spiro atoms. The highest BCUT2D eigenvalue weighted by atomic mass is 32.2. The lowest BCUT2D eigenvalue weighted by molar-refractivity contribution is 0.0696. The summed E-state index contributed by atoms with van der Waals surface area (Å²) in [4.78, 5) is 11.0. The molecule has 128 valence electrons. The normalized spacial score (nSPS) is 11.5. The molecule has 0 unspecified atom stereocenters. The fraction of sp³-hybridized carbons (Fsp3) is 0.278. The zero-order chi connectivity index (χ0) is 17.7. The Morgan fingerprint density at radius 3 is 2.42 bits per heavy atom. The van der Waals surface area contributed by atoms with Gasteiger partial charge in [-0.15, -0.1) is 0 Å². The second kappa shape index (κ2) is 7.49. The van der Waals surface area contributed by atoms with Crippen molar-refractivity contribution in [3.63, 3.8) is 0 Å². The van der Waals surface area contributed by atoms with Crippen molar-refractivity contribution in [2.75, 3.05) is 5.32 Å². The molecular formula is C18H21NO4S. The highest BCUT2D eigenvalue weighted by Crippen LogP contribution is 2.17. The van der Waals surface area contributed by atoms with Crippen LogP contribution in [-0.4, -0.2) is 24.7 Å². The minimum atomic E-state index is -3.14. The van der Waals surface area contributed by atoms with Crippen LogP contribution in [0, 0.1) is 0 Å². The molecule has 0 aliphatic heterocycles. The summed E-state index contributed by atoms with van der Waals surface area (Å²) in [5.41, 5.74) is 2.61. The standard InChI is InChI=1S/C18H21NO4S/c1-13(2)24(22,23)12-15-6-4-8-17(10-15)19-11-14-5-3-7-16(9-14)18(20)21/h3-10,13,19H,11-12H2,1-2H3,(H,20,21). The monoisotopic (exact) mass is 347 g/mol. The Morgan fingerprint density at radius 2 is 1.75 bits per heavy atom. The Labute approximate surface area is 142 Å². The van der Waals surface area contributed by atoms with Crippen molar-refractivity contribution in [1.29, 1.82) is 0 Å². The average Bonchev–Trinajstić information content (AvgIpc) is 2.53. The van der Waals surface area contributed by atoms with E-state index in [0.717, 1.165) is 16.8 Å². The summed E-state index contributed by atoms with van der Waals surface area (Å²) in [7, 11) is -3.14. The summed E-state index contributed by atoms with van der Waals surface area (Å²) in [6.45, 7) is 3.81. The predicted molar refractivity (Wildman–Crippen MR) is 94.9 cm³/mol. The Kier molecular flexibility index (Phi) is 5.62. The van der Waals surface area contributed by atoms with Crippen LogP contribution in [0.25, 0.3) is 0 Å². The maximum Gasteiger partial charge on any atom is 0.335 e. The van der Waals surface area contributed by atoms with E-state index in [4.69, 9.17) is 5.11 Å². The Balaban J connectivity index is 2.07. The smallest absolute Gasteiger partial charge is 0.335 e. The molecule has 0 fully saturated rings. The predicted octanol–water partition coefficient (Wildman–Crippen LogP) is 3.32. The number of nitrogens with one attached hydrogen (secondary N) is 1. The van der Waals surface area contributed by atoms with Gasteiger partial charge in [-0.2, -0.15) is 0 Å². The first-order chi connectivity index (χ1) is 11.3. The summed E-state index contributed by atoms with van der Waals surface area (Å²) in [6.07, 6.45) is 0. The van der Waals surface area contributed by atoms with Crippen LogP contribution >= 0.6 is 0 Å². The van der Waals surface area contributed by atoms with E-state index in [9.17, 15) is 13.2 Å². The van der Waals surface area contributed by atoms with Crippen molar-refractivity contribution in [1.82, 2.24) is 0 Å². The quantitative estimate of drug-likeness (QED) is 0.803. The molecule has 6 heteroatoms. The largest absolute Gasteiger partial charge is 0.478 e. The molecule has 0 radical (unpaired) electrons. The summed E-state index contributed by atoms with van der Waals surface area (Å²) >= 11 is 0. The fourth-order valence-corrected chi connectivity index (χ4v) is 3.17.